The van der Waals surface area contributed by atoms with Crippen molar-refractivity contribution in [1.29, 1.82) is 0 Å². The van der Waals surface area contributed by atoms with Crippen molar-refractivity contribution in [2.45, 2.75) is 13.0 Å². The summed E-state index contributed by atoms with van der Waals surface area (Å²) in [6, 6.07) is 2.94. The number of thiophene rings is 1. The van der Waals surface area contributed by atoms with Crippen LogP contribution in [0.25, 0.3) is 0 Å². The van der Waals surface area contributed by atoms with Gasteiger partial charge in [0.25, 0.3) is 0 Å². The van der Waals surface area contributed by atoms with Gasteiger partial charge >= 0.3 is 13.6 Å². The fourth-order valence-corrected chi connectivity index (χ4v) is 2.62. The normalized spacial score (nSPS) is 15.9. The molecule has 0 fully saturated rings. The van der Waals surface area contributed by atoms with Crippen LogP contribution in [0.2, 0.25) is 0 Å². The van der Waals surface area contributed by atoms with Gasteiger partial charge in [0.1, 0.15) is 6.04 Å². The minimum atomic E-state index is -3.90. The molecule has 0 bridgehead atoms. The van der Waals surface area contributed by atoms with Gasteiger partial charge in [-0.3, -0.25) is 0 Å². The summed E-state index contributed by atoms with van der Waals surface area (Å²) in [4.78, 5) is 20.8. The molecule has 0 spiro atoms. The fourth-order valence-electron chi connectivity index (χ4n) is 1.06. The molecule has 4 N–H and O–H groups in total. The van der Waals surface area contributed by atoms with E-state index in [1.54, 1.807) is 13.0 Å². The molecule has 0 aliphatic rings. The Balaban J connectivity index is 2.50. The summed E-state index contributed by atoms with van der Waals surface area (Å²) in [5.41, 5.74) is 5.14. The van der Waals surface area contributed by atoms with E-state index in [2.05, 4.69) is 9.84 Å². The van der Waals surface area contributed by atoms with Crippen LogP contribution in [-0.4, -0.2) is 29.6 Å². The van der Waals surface area contributed by atoms with Gasteiger partial charge in [0.15, 0.2) is 0 Å². The number of carbonyl (C=O) groups is 1. The van der Waals surface area contributed by atoms with Gasteiger partial charge in [0.05, 0.1) is 11.2 Å². The third kappa shape index (κ3) is 4.87. The molecule has 96 valence electrons. The van der Waals surface area contributed by atoms with Crippen LogP contribution in [0.3, 0.4) is 0 Å². The lowest BCUT2D eigenvalue weighted by Gasteiger charge is -2.16. The monoisotopic (exact) mass is 278 g/mol. The molecule has 0 aliphatic heterocycles. The first-order chi connectivity index (χ1) is 7.94. The zero-order valence-corrected chi connectivity index (χ0v) is 11.0. The number of nitrogens with one attached hydrogen (secondary N) is 1. The molecule has 0 saturated heterocycles. The predicted molar refractivity (Wildman–Crippen MR) is 67.2 cm³/mol. The van der Waals surface area contributed by atoms with Gasteiger partial charge < -0.3 is 20.5 Å². The highest BCUT2D eigenvalue weighted by Crippen LogP contribution is 2.41. The molecule has 0 saturated carbocycles. The third-order valence-electron chi connectivity index (χ3n) is 1.88. The molecule has 0 amide bonds. The molecule has 6 nitrogen and oxygen atoms in total. The van der Waals surface area contributed by atoms with E-state index in [1.807, 2.05) is 11.4 Å². The van der Waals surface area contributed by atoms with Crippen molar-refractivity contribution in [2.75, 3.05) is 18.0 Å². The largest absolute Gasteiger partial charge is 0.390 e. The molecule has 1 aromatic rings. The van der Waals surface area contributed by atoms with Crippen molar-refractivity contribution < 1.29 is 18.8 Å². The number of rotatable bonds is 6. The SMILES string of the molecule is C[C@H](Nc1cccs1)C(=O)OP(=O)(O)CCN. The standard InChI is InChI=1S/C9H15N2O4PS/c1-7(11-8-3-2-6-17-8)9(12)15-16(13,14)5-4-10/h2-3,6-7,11H,4-5,10H2,1H3,(H,13,14)/t7-/m0/s1. The molecule has 0 aliphatic carbocycles. The maximum atomic E-state index is 11.5. The van der Waals surface area contributed by atoms with Crippen LogP contribution in [0, 0.1) is 0 Å². The van der Waals surface area contributed by atoms with Crippen molar-refractivity contribution in [3.05, 3.63) is 17.5 Å². The fraction of sp³-hybridized carbons (Fsp3) is 0.444. The first kappa shape index (κ1) is 14.2. The molecule has 8 heteroatoms. The number of carbonyl (C=O) groups excluding carboxylic acids is 1. The lowest BCUT2D eigenvalue weighted by atomic mass is 10.3. The zero-order chi connectivity index (χ0) is 12.9. The average molecular weight is 278 g/mol. The van der Waals surface area contributed by atoms with Crippen LogP contribution in [0.5, 0.6) is 0 Å². The van der Waals surface area contributed by atoms with Gasteiger partial charge in [-0.25, -0.2) is 9.36 Å². The molecule has 1 aromatic heterocycles. The van der Waals surface area contributed by atoms with E-state index >= 15 is 0 Å². The topological polar surface area (TPSA) is 102 Å². The maximum absolute atomic E-state index is 11.5. The quantitative estimate of drug-likeness (QED) is 0.677. The molecular formula is C9H15N2O4PS. The van der Waals surface area contributed by atoms with Crippen molar-refractivity contribution in [1.82, 2.24) is 0 Å². The summed E-state index contributed by atoms with van der Waals surface area (Å²) >= 11 is 1.43. The lowest BCUT2D eigenvalue weighted by Crippen LogP contribution is -2.27. The Kier molecular flexibility index (Phi) is 5.14. The van der Waals surface area contributed by atoms with Crippen LogP contribution in [0.4, 0.5) is 5.00 Å². The van der Waals surface area contributed by atoms with Gasteiger partial charge in [-0.05, 0) is 24.4 Å². The predicted octanol–water partition coefficient (Wildman–Crippen LogP) is 1.24. The Bertz CT molecular complexity index is 409. The Morgan fingerprint density at radius 1 is 1.76 bits per heavy atom. The van der Waals surface area contributed by atoms with Crippen LogP contribution in [-0.2, 0) is 13.9 Å². The molecule has 1 rings (SSSR count). The Labute approximate surface area is 103 Å². The van der Waals surface area contributed by atoms with Crippen molar-refractivity contribution in [3.8, 4) is 0 Å². The summed E-state index contributed by atoms with van der Waals surface area (Å²) in [6.45, 7) is 1.55. The van der Waals surface area contributed by atoms with E-state index in [0.717, 1.165) is 5.00 Å². The second kappa shape index (κ2) is 6.16. The van der Waals surface area contributed by atoms with Gasteiger partial charge in [-0.15, -0.1) is 11.3 Å². The minimum Gasteiger partial charge on any atom is -0.390 e. The molecule has 1 unspecified atom stereocenters. The highest BCUT2D eigenvalue weighted by molar-refractivity contribution is 7.53. The summed E-state index contributed by atoms with van der Waals surface area (Å²) in [5, 5.41) is 5.51. The van der Waals surface area contributed by atoms with Gasteiger partial charge in [-0.1, -0.05) is 0 Å². The number of hydrogen-bond donors (Lipinski definition) is 3. The van der Waals surface area contributed by atoms with Crippen molar-refractivity contribution in [3.63, 3.8) is 0 Å². The van der Waals surface area contributed by atoms with Crippen LogP contribution in [0.15, 0.2) is 17.5 Å². The smallest absolute Gasteiger partial charge is 0.380 e. The summed E-state index contributed by atoms with van der Waals surface area (Å²) in [6.07, 6.45) is -0.232. The van der Waals surface area contributed by atoms with Gasteiger partial charge in [-0.2, -0.15) is 0 Å². The molecule has 0 aromatic carbocycles. The van der Waals surface area contributed by atoms with E-state index in [0.29, 0.717) is 0 Å². The van der Waals surface area contributed by atoms with Gasteiger partial charge in [0.2, 0.25) is 0 Å². The second-order valence-electron chi connectivity index (χ2n) is 3.40. The molecular weight excluding hydrogens is 263 g/mol. The molecule has 1 heterocycles. The molecule has 0 radical (unpaired) electrons. The van der Waals surface area contributed by atoms with E-state index in [4.69, 9.17) is 5.73 Å². The Morgan fingerprint density at radius 2 is 2.47 bits per heavy atom. The van der Waals surface area contributed by atoms with E-state index in [-0.39, 0.29) is 12.7 Å². The summed E-state index contributed by atoms with van der Waals surface area (Å²) in [5.74, 6) is -0.766. The third-order valence-corrected chi connectivity index (χ3v) is 3.97. The molecule has 17 heavy (non-hydrogen) atoms. The van der Waals surface area contributed by atoms with E-state index in [9.17, 15) is 14.3 Å². The summed E-state index contributed by atoms with van der Waals surface area (Å²) < 4.78 is 15.9. The van der Waals surface area contributed by atoms with E-state index < -0.39 is 19.6 Å². The average Bonchev–Trinajstić information content (AvgIpc) is 2.69. The Hall–Kier alpha value is -0.880. The second-order valence-corrected chi connectivity index (χ2v) is 6.26. The lowest BCUT2D eigenvalue weighted by molar-refractivity contribution is -0.135. The Morgan fingerprint density at radius 3 is 3.00 bits per heavy atom. The maximum Gasteiger partial charge on any atom is 0.380 e. The minimum absolute atomic E-state index is 0.00616. The number of hydrogen-bond acceptors (Lipinski definition) is 6. The van der Waals surface area contributed by atoms with E-state index in [1.165, 1.54) is 11.3 Å². The van der Waals surface area contributed by atoms with Gasteiger partial charge in [0, 0.05) is 6.54 Å². The zero-order valence-electron chi connectivity index (χ0n) is 9.33. The first-order valence-electron chi connectivity index (χ1n) is 5.00. The van der Waals surface area contributed by atoms with Crippen molar-refractivity contribution in [2.24, 2.45) is 5.73 Å². The van der Waals surface area contributed by atoms with Crippen LogP contribution in [0.1, 0.15) is 6.92 Å². The number of anilines is 1. The highest BCUT2D eigenvalue weighted by Gasteiger charge is 2.26. The number of nitrogens with two attached hydrogens (primary N) is 1. The van der Waals surface area contributed by atoms with Crippen molar-refractivity contribution >= 4 is 29.9 Å². The summed E-state index contributed by atoms with van der Waals surface area (Å²) in [7, 11) is -3.90. The first-order valence-corrected chi connectivity index (χ1v) is 7.64. The van der Waals surface area contributed by atoms with Crippen LogP contribution < -0.4 is 11.1 Å². The highest BCUT2D eigenvalue weighted by atomic mass is 32.1. The molecule has 2 atom stereocenters. The van der Waals surface area contributed by atoms with Crippen LogP contribution >= 0.6 is 18.9 Å².